The maximum atomic E-state index is 12.1. The van der Waals surface area contributed by atoms with E-state index in [1.54, 1.807) is 23.2 Å². The highest BCUT2D eigenvalue weighted by Gasteiger charge is 2.41. The first-order valence-corrected chi connectivity index (χ1v) is 7.81. The number of hydrogen-bond acceptors (Lipinski definition) is 4. The molecule has 2 amide bonds. The molecule has 2 aliphatic heterocycles. The minimum atomic E-state index is -0.401. The van der Waals surface area contributed by atoms with Gasteiger partial charge in [0.15, 0.2) is 0 Å². The second kappa shape index (κ2) is 5.35. The summed E-state index contributed by atoms with van der Waals surface area (Å²) in [6.07, 6.45) is 0. The summed E-state index contributed by atoms with van der Waals surface area (Å²) in [5.41, 5.74) is 0. The van der Waals surface area contributed by atoms with Gasteiger partial charge in [0.25, 0.3) is 0 Å². The predicted octanol–water partition coefficient (Wildman–Crippen LogP) is 0.933. The van der Waals surface area contributed by atoms with Crippen LogP contribution in [0.2, 0.25) is 4.34 Å². The summed E-state index contributed by atoms with van der Waals surface area (Å²) in [7, 11) is 0. The van der Waals surface area contributed by atoms with Gasteiger partial charge in [-0.1, -0.05) is 11.6 Å². The van der Waals surface area contributed by atoms with Gasteiger partial charge in [-0.3, -0.25) is 14.5 Å². The Morgan fingerprint density at radius 2 is 2.20 bits per heavy atom. The Morgan fingerprint density at radius 1 is 1.40 bits per heavy atom. The van der Waals surface area contributed by atoms with Gasteiger partial charge in [0.1, 0.15) is 12.1 Å². The number of rotatable bonds is 2. The quantitative estimate of drug-likeness (QED) is 0.884. The van der Waals surface area contributed by atoms with Crippen molar-refractivity contribution >= 4 is 34.8 Å². The molecule has 5 nitrogen and oxygen atoms in total. The first-order chi connectivity index (χ1) is 9.54. The summed E-state index contributed by atoms with van der Waals surface area (Å²) >= 11 is 7.49. The molecule has 3 rings (SSSR count). The van der Waals surface area contributed by atoms with Gasteiger partial charge in [0.05, 0.1) is 4.34 Å². The lowest BCUT2D eigenvalue weighted by Gasteiger charge is -2.44. The zero-order valence-electron chi connectivity index (χ0n) is 11.1. The number of nitrogens with zero attached hydrogens (tertiary/aromatic N) is 2. The highest BCUT2D eigenvalue weighted by Crippen LogP contribution is 2.24. The van der Waals surface area contributed by atoms with Crippen molar-refractivity contribution < 1.29 is 9.59 Å². The second-order valence-corrected chi connectivity index (χ2v) is 7.02. The Labute approximate surface area is 126 Å². The number of thiophene rings is 1. The number of halogens is 1. The number of fused-ring (bicyclic) bond motifs is 1. The van der Waals surface area contributed by atoms with Crippen molar-refractivity contribution in [3.05, 3.63) is 21.3 Å². The minimum Gasteiger partial charge on any atom is -0.343 e. The Balaban J connectivity index is 1.68. The molecule has 0 aromatic carbocycles. The molecule has 0 unspecified atom stereocenters. The number of amides is 2. The van der Waals surface area contributed by atoms with Crippen molar-refractivity contribution in [3.63, 3.8) is 0 Å². The van der Waals surface area contributed by atoms with Crippen LogP contribution in [-0.4, -0.2) is 53.3 Å². The maximum Gasteiger partial charge on any atom is 0.245 e. The summed E-state index contributed by atoms with van der Waals surface area (Å²) in [5, 5.41) is 2.74. The molecule has 2 saturated heterocycles. The van der Waals surface area contributed by atoms with Crippen LogP contribution >= 0.6 is 22.9 Å². The number of carbonyl (C=O) groups is 2. The Kier molecular flexibility index (Phi) is 3.70. The van der Waals surface area contributed by atoms with E-state index in [0.29, 0.717) is 13.1 Å². The highest BCUT2D eigenvalue weighted by molar-refractivity contribution is 7.16. The molecule has 7 heteroatoms. The van der Waals surface area contributed by atoms with Crippen LogP contribution in [0, 0.1) is 0 Å². The van der Waals surface area contributed by atoms with Gasteiger partial charge in [-0.15, -0.1) is 11.3 Å². The molecule has 0 spiro atoms. The van der Waals surface area contributed by atoms with Crippen molar-refractivity contribution in [2.75, 3.05) is 19.6 Å². The largest absolute Gasteiger partial charge is 0.343 e. The minimum absolute atomic E-state index is 0.0217. The van der Waals surface area contributed by atoms with E-state index < -0.39 is 6.04 Å². The fourth-order valence-electron chi connectivity index (χ4n) is 2.75. The molecule has 0 bridgehead atoms. The third-order valence-corrected chi connectivity index (χ3v) is 5.00. The third kappa shape index (κ3) is 2.55. The lowest BCUT2D eigenvalue weighted by molar-refractivity contribution is -0.152. The smallest absolute Gasteiger partial charge is 0.245 e. The molecule has 0 saturated carbocycles. The first kappa shape index (κ1) is 13.9. The van der Waals surface area contributed by atoms with Crippen LogP contribution in [0.25, 0.3) is 0 Å². The van der Waals surface area contributed by atoms with Gasteiger partial charge in [-0.2, -0.15) is 0 Å². The molecule has 20 heavy (non-hydrogen) atoms. The molecule has 0 aliphatic carbocycles. The Hall–Kier alpha value is -1.11. The lowest BCUT2D eigenvalue weighted by atomic mass is 10.0. The number of carbonyl (C=O) groups excluding carboxylic acids is 2. The monoisotopic (exact) mass is 313 g/mol. The van der Waals surface area contributed by atoms with E-state index in [9.17, 15) is 9.59 Å². The van der Waals surface area contributed by atoms with Gasteiger partial charge < -0.3 is 10.2 Å². The molecular formula is C13H16ClN3O2S. The zero-order valence-corrected chi connectivity index (χ0v) is 12.7. The number of hydrogen-bond donors (Lipinski definition) is 1. The van der Waals surface area contributed by atoms with E-state index in [1.807, 2.05) is 12.1 Å². The van der Waals surface area contributed by atoms with E-state index in [4.69, 9.17) is 11.6 Å². The topological polar surface area (TPSA) is 52.7 Å². The predicted molar refractivity (Wildman–Crippen MR) is 77.7 cm³/mol. The summed E-state index contributed by atoms with van der Waals surface area (Å²) in [5.74, 6) is -0.0283. The molecule has 1 aromatic heterocycles. The van der Waals surface area contributed by atoms with Gasteiger partial charge >= 0.3 is 0 Å². The fourth-order valence-corrected chi connectivity index (χ4v) is 3.88. The van der Waals surface area contributed by atoms with Crippen LogP contribution in [-0.2, 0) is 16.1 Å². The summed E-state index contributed by atoms with van der Waals surface area (Å²) in [6, 6.07) is 3.13. The van der Waals surface area contributed by atoms with Crippen molar-refractivity contribution in [3.8, 4) is 0 Å². The zero-order chi connectivity index (χ0) is 14.3. The van der Waals surface area contributed by atoms with Gasteiger partial charge in [-0.05, 0) is 19.1 Å². The van der Waals surface area contributed by atoms with E-state index in [-0.39, 0.29) is 17.9 Å². The second-order valence-electron chi connectivity index (χ2n) is 5.22. The van der Waals surface area contributed by atoms with Crippen LogP contribution in [0.5, 0.6) is 0 Å². The van der Waals surface area contributed by atoms with E-state index in [0.717, 1.165) is 17.4 Å². The summed E-state index contributed by atoms with van der Waals surface area (Å²) in [4.78, 5) is 29.2. The van der Waals surface area contributed by atoms with Crippen molar-refractivity contribution in [2.24, 2.45) is 0 Å². The average Bonchev–Trinajstić information content (AvgIpc) is 2.81. The van der Waals surface area contributed by atoms with Crippen LogP contribution in [0.1, 0.15) is 11.8 Å². The van der Waals surface area contributed by atoms with Crippen molar-refractivity contribution in [2.45, 2.75) is 25.6 Å². The van der Waals surface area contributed by atoms with Gasteiger partial charge in [0.2, 0.25) is 11.8 Å². The van der Waals surface area contributed by atoms with Gasteiger partial charge in [0, 0.05) is 31.1 Å². The van der Waals surface area contributed by atoms with Crippen molar-refractivity contribution in [1.82, 2.24) is 15.1 Å². The molecule has 1 aromatic rings. The van der Waals surface area contributed by atoms with Crippen LogP contribution in [0.4, 0.5) is 0 Å². The molecule has 2 fully saturated rings. The van der Waals surface area contributed by atoms with Crippen LogP contribution in [0.15, 0.2) is 12.1 Å². The first-order valence-electron chi connectivity index (χ1n) is 6.62. The fraction of sp³-hybridized carbons (Fsp3) is 0.538. The summed E-state index contributed by atoms with van der Waals surface area (Å²) < 4.78 is 0.776. The van der Waals surface area contributed by atoms with Crippen LogP contribution < -0.4 is 5.32 Å². The number of piperazine rings is 2. The number of nitrogens with one attached hydrogen (secondary N) is 1. The summed E-state index contributed by atoms with van der Waals surface area (Å²) in [6.45, 7) is 4.49. The average molecular weight is 314 g/mol. The molecule has 1 N–H and O–H groups in total. The van der Waals surface area contributed by atoms with Gasteiger partial charge in [-0.25, -0.2) is 0 Å². The van der Waals surface area contributed by atoms with E-state index in [2.05, 4.69) is 10.2 Å². The maximum absolute atomic E-state index is 12.1. The SMILES string of the molecule is C[C@H]1NC(=O)[C@H]2CN(Cc3ccc(Cl)s3)CCN2C1=O. The van der Waals surface area contributed by atoms with Crippen LogP contribution in [0.3, 0.4) is 0 Å². The molecule has 2 atom stereocenters. The lowest BCUT2D eigenvalue weighted by Crippen LogP contribution is -2.68. The standard InChI is InChI=1S/C13H16ClN3O2S/c1-8-13(19)17-5-4-16(7-10(17)12(18)15-8)6-9-2-3-11(14)20-9/h2-3,8,10H,4-7H2,1H3,(H,15,18)/t8-,10-/m1/s1. The van der Waals surface area contributed by atoms with E-state index in [1.165, 1.54) is 4.88 Å². The third-order valence-electron chi connectivity index (χ3n) is 3.79. The molecule has 108 valence electrons. The molecule has 3 heterocycles. The molecular weight excluding hydrogens is 298 g/mol. The normalized spacial score (nSPS) is 27.4. The molecule has 2 aliphatic rings. The Bertz CT molecular complexity index is 547. The van der Waals surface area contributed by atoms with Crippen molar-refractivity contribution in [1.29, 1.82) is 0 Å². The highest BCUT2D eigenvalue weighted by atomic mass is 35.5. The Morgan fingerprint density at radius 3 is 2.90 bits per heavy atom. The molecule has 0 radical (unpaired) electrons. The van der Waals surface area contributed by atoms with E-state index >= 15 is 0 Å².